The van der Waals surface area contributed by atoms with E-state index in [1.165, 1.54) is 63.5 Å². The second-order valence-electron chi connectivity index (χ2n) is 6.34. The first-order valence-corrected chi connectivity index (χ1v) is 9.92. The van der Waals surface area contributed by atoms with Crippen molar-refractivity contribution >= 4 is 15.9 Å². The highest BCUT2D eigenvalue weighted by molar-refractivity contribution is 9.10. The number of aromatic nitrogens is 2. The minimum Gasteiger partial charge on any atom is -0.236 e. The maximum absolute atomic E-state index is 3.62. The van der Waals surface area contributed by atoms with E-state index in [-0.39, 0.29) is 0 Å². The molecule has 0 aliphatic carbocycles. The molecule has 0 aliphatic rings. The number of hydrogen-bond donors (Lipinski definition) is 0. The summed E-state index contributed by atoms with van der Waals surface area (Å²) < 4.78 is 5.60. The summed E-state index contributed by atoms with van der Waals surface area (Å²) in [5, 5.41) is 0. The molecule has 126 valence electrons. The third-order valence-corrected chi connectivity index (χ3v) is 5.01. The number of imidazole rings is 1. The van der Waals surface area contributed by atoms with Gasteiger partial charge in [-0.25, -0.2) is 9.13 Å². The third-order valence-electron chi connectivity index (χ3n) is 4.34. The van der Waals surface area contributed by atoms with Crippen molar-refractivity contribution in [1.82, 2.24) is 4.57 Å². The molecule has 2 nitrogen and oxygen atoms in total. The van der Waals surface area contributed by atoms with Crippen LogP contribution in [0.25, 0.3) is 5.69 Å². The molecule has 2 aromatic rings. The molecule has 23 heavy (non-hydrogen) atoms. The molecular weight excluding hydrogens is 348 g/mol. The van der Waals surface area contributed by atoms with Crippen LogP contribution >= 0.6 is 15.9 Å². The molecule has 1 aromatic carbocycles. The fourth-order valence-electron chi connectivity index (χ4n) is 2.94. The summed E-state index contributed by atoms with van der Waals surface area (Å²) in [6.45, 7) is 3.40. The number of benzene rings is 1. The normalized spacial score (nSPS) is 11.0. The molecular formula is C20H30BrN2+. The maximum Gasteiger partial charge on any atom is 0.249 e. The lowest BCUT2D eigenvalue weighted by Gasteiger charge is -2.01. The van der Waals surface area contributed by atoms with Gasteiger partial charge in [-0.15, -0.1) is 0 Å². The summed E-state index contributed by atoms with van der Waals surface area (Å²) in [6, 6.07) is 8.34. The van der Waals surface area contributed by atoms with E-state index < -0.39 is 0 Å². The first-order valence-electron chi connectivity index (χ1n) is 9.13. The monoisotopic (exact) mass is 377 g/mol. The van der Waals surface area contributed by atoms with Gasteiger partial charge in [0.05, 0.1) is 11.0 Å². The Labute approximate surface area is 149 Å². The van der Waals surface area contributed by atoms with Crippen molar-refractivity contribution in [3.8, 4) is 5.69 Å². The lowest BCUT2D eigenvalue weighted by Crippen LogP contribution is -2.28. The summed E-state index contributed by atoms with van der Waals surface area (Å²) in [5.74, 6) is 0. The summed E-state index contributed by atoms with van der Waals surface area (Å²) in [6.07, 6.45) is 18.9. The number of halogens is 1. The first kappa shape index (κ1) is 18.3. The van der Waals surface area contributed by atoms with Crippen molar-refractivity contribution in [3.05, 3.63) is 47.5 Å². The lowest BCUT2D eigenvalue weighted by atomic mass is 10.1. The Morgan fingerprint density at radius 2 is 1.57 bits per heavy atom. The van der Waals surface area contributed by atoms with E-state index in [0.717, 1.165) is 11.0 Å². The third kappa shape index (κ3) is 6.50. The van der Waals surface area contributed by atoms with Crippen molar-refractivity contribution < 1.29 is 4.57 Å². The van der Waals surface area contributed by atoms with Crippen LogP contribution in [0.4, 0.5) is 0 Å². The number of hydrogen-bond acceptors (Lipinski definition) is 0. The van der Waals surface area contributed by atoms with Gasteiger partial charge in [0.2, 0.25) is 6.33 Å². The van der Waals surface area contributed by atoms with Crippen LogP contribution in [-0.4, -0.2) is 4.57 Å². The van der Waals surface area contributed by atoms with Crippen LogP contribution < -0.4 is 4.57 Å². The van der Waals surface area contributed by atoms with Crippen molar-refractivity contribution in [2.24, 2.45) is 0 Å². The van der Waals surface area contributed by atoms with Crippen molar-refractivity contribution in [2.45, 2.75) is 71.3 Å². The number of aryl methyl sites for hydroxylation is 1. The van der Waals surface area contributed by atoms with E-state index in [0.29, 0.717) is 0 Å². The summed E-state index contributed by atoms with van der Waals surface area (Å²) >= 11 is 3.62. The summed E-state index contributed by atoms with van der Waals surface area (Å²) in [5.41, 5.74) is 1.19. The quantitative estimate of drug-likeness (QED) is 0.332. The van der Waals surface area contributed by atoms with Crippen LogP contribution in [0.15, 0.2) is 47.5 Å². The molecule has 0 spiro atoms. The molecule has 0 bridgehead atoms. The van der Waals surface area contributed by atoms with Gasteiger partial charge in [0, 0.05) is 0 Å². The molecule has 0 aliphatic heterocycles. The van der Waals surface area contributed by atoms with E-state index in [1.807, 2.05) is 6.07 Å². The standard InChI is InChI=1S/C20H30BrN2/c1-2-3-4-5-6-7-8-9-12-15-22-16-17-23(18-22)20-14-11-10-13-19(20)21/h10-11,13-14,16-18H,2-9,12,15H2,1H3/q+1. The number of rotatable bonds is 11. The van der Waals surface area contributed by atoms with Crippen LogP contribution in [0.2, 0.25) is 0 Å². The van der Waals surface area contributed by atoms with Gasteiger partial charge >= 0.3 is 0 Å². The Morgan fingerprint density at radius 3 is 2.26 bits per heavy atom. The molecule has 0 amide bonds. The zero-order chi connectivity index (χ0) is 16.3. The van der Waals surface area contributed by atoms with Crippen LogP contribution in [0.3, 0.4) is 0 Å². The molecule has 0 unspecified atom stereocenters. The fraction of sp³-hybridized carbons (Fsp3) is 0.550. The molecule has 3 heteroatoms. The topological polar surface area (TPSA) is 8.81 Å². The minimum absolute atomic E-state index is 1.12. The highest BCUT2D eigenvalue weighted by Gasteiger charge is 2.09. The van der Waals surface area contributed by atoms with E-state index >= 15 is 0 Å². The lowest BCUT2D eigenvalue weighted by molar-refractivity contribution is -0.595. The average Bonchev–Trinajstić information content (AvgIpc) is 3.02. The predicted octanol–water partition coefficient (Wildman–Crippen LogP) is 6.06. The van der Waals surface area contributed by atoms with Gasteiger partial charge in [-0.1, -0.05) is 64.0 Å². The molecule has 2 rings (SSSR count). The van der Waals surface area contributed by atoms with Gasteiger partial charge in [-0.05, 0) is 40.9 Å². The predicted molar refractivity (Wildman–Crippen MR) is 101 cm³/mol. The molecule has 1 aromatic heterocycles. The summed E-state index contributed by atoms with van der Waals surface area (Å²) in [4.78, 5) is 0. The number of unbranched alkanes of at least 4 members (excludes halogenated alkanes) is 8. The van der Waals surface area contributed by atoms with Gasteiger partial charge in [0.15, 0.2) is 0 Å². The summed E-state index contributed by atoms with van der Waals surface area (Å²) in [7, 11) is 0. The van der Waals surface area contributed by atoms with E-state index in [1.54, 1.807) is 0 Å². The van der Waals surface area contributed by atoms with E-state index in [9.17, 15) is 0 Å². The van der Waals surface area contributed by atoms with E-state index in [4.69, 9.17) is 0 Å². The van der Waals surface area contributed by atoms with Gasteiger partial charge in [-0.2, -0.15) is 0 Å². The van der Waals surface area contributed by atoms with Gasteiger partial charge < -0.3 is 0 Å². The van der Waals surface area contributed by atoms with Crippen molar-refractivity contribution in [2.75, 3.05) is 0 Å². The average molecular weight is 378 g/mol. The Morgan fingerprint density at radius 1 is 0.913 bits per heavy atom. The molecule has 1 heterocycles. The van der Waals surface area contributed by atoms with Crippen LogP contribution in [0, 0.1) is 0 Å². The zero-order valence-corrected chi connectivity index (χ0v) is 16.0. The number of nitrogens with zero attached hydrogens (tertiary/aromatic N) is 2. The Hall–Kier alpha value is -1.09. The SMILES string of the molecule is CCCCCCCCCCCn1cc[n+](-c2ccccc2Br)c1. The van der Waals surface area contributed by atoms with Crippen molar-refractivity contribution in [3.63, 3.8) is 0 Å². The van der Waals surface area contributed by atoms with Gasteiger partial charge in [-0.3, -0.25) is 0 Å². The van der Waals surface area contributed by atoms with Crippen LogP contribution in [0.1, 0.15) is 64.7 Å². The molecule has 0 N–H and O–H groups in total. The van der Waals surface area contributed by atoms with Gasteiger partial charge in [0.1, 0.15) is 18.1 Å². The number of para-hydroxylation sites is 1. The highest BCUT2D eigenvalue weighted by atomic mass is 79.9. The molecule has 0 fully saturated rings. The second kappa shape index (κ2) is 10.6. The second-order valence-corrected chi connectivity index (χ2v) is 7.19. The van der Waals surface area contributed by atoms with Crippen LogP contribution in [-0.2, 0) is 6.54 Å². The van der Waals surface area contributed by atoms with Gasteiger partial charge in [0.25, 0.3) is 0 Å². The maximum atomic E-state index is 3.62. The largest absolute Gasteiger partial charge is 0.249 e. The first-order chi connectivity index (χ1) is 11.3. The molecule has 0 saturated carbocycles. The fourth-order valence-corrected chi connectivity index (χ4v) is 3.42. The smallest absolute Gasteiger partial charge is 0.236 e. The minimum atomic E-state index is 1.12. The molecule has 0 atom stereocenters. The van der Waals surface area contributed by atoms with Crippen molar-refractivity contribution in [1.29, 1.82) is 0 Å². The zero-order valence-electron chi connectivity index (χ0n) is 14.4. The van der Waals surface area contributed by atoms with Crippen LogP contribution in [0.5, 0.6) is 0 Å². The molecule has 0 saturated heterocycles. The molecule has 0 radical (unpaired) electrons. The highest BCUT2D eigenvalue weighted by Crippen LogP contribution is 2.15. The Kier molecular flexibility index (Phi) is 8.44. The Balaban J connectivity index is 1.63. The van der Waals surface area contributed by atoms with E-state index in [2.05, 4.69) is 68.9 Å². The Bertz CT molecular complexity index is 562.